The largest absolute Gasteiger partial charge is 0.494 e. The summed E-state index contributed by atoms with van der Waals surface area (Å²) in [6, 6.07) is 16.6. The highest BCUT2D eigenvalue weighted by atomic mass is 16.5. The van der Waals surface area contributed by atoms with E-state index in [1.807, 2.05) is 42.5 Å². The summed E-state index contributed by atoms with van der Waals surface area (Å²) in [4.78, 5) is 23.6. The standard InChI is InChI=1S/C26H32O5/c1-2-3-19-29-24-16-13-22(14-17-24)15-18-25(27)30-20-9-4-5-10-21-31-26(28)23-11-7-6-8-12-23/h6-8,11-18H,2-5,9-10,19-21H2,1H3. The number of carbonyl (C=O) groups excluding carboxylic acids is 2. The maximum absolute atomic E-state index is 11.8. The molecular weight excluding hydrogens is 392 g/mol. The molecule has 0 N–H and O–H groups in total. The molecule has 0 amide bonds. The minimum Gasteiger partial charge on any atom is -0.494 e. The molecule has 0 saturated heterocycles. The normalized spacial score (nSPS) is 10.7. The van der Waals surface area contributed by atoms with E-state index in [9.17, 15) is 9.59 Å². The Kier molecular flexibility index (Phi) is 11.6. The quantitative estimate of drug-likeness (QED) is 0.217. The van der Waals surface area contributed by atoms with E-state index in [4.69, 9.17) is 14.2 Å². The average Bonchev–Trinajstić information content (AvgIpc) is 2.81. The number of hydrogen-bond acceptors (Lipinski definition) is 5. The monoisotopic (exact) mass is 424 g/mol. The van der Waals surface area contributed by atoms with Crippen molar-refractivity contribution in [3.8, 4) is 5.75 Å². The lowest BCUT2D eigenvalue weighted by molar-refractivity contribution is -0.137. The van der Waals surface area contributed by atoms with Crippen LogP contribution in [0.5, 0.6) is 5.75 Å². The van der Waals surface area contributed by atoms with Crippen molar-refractivity contribution in [1.82, 2.24) is 0 Å². The van der Waals surface area contributed by atoms with Gasteiger partial charge in [-0.25, -0.2) is 9.59 Å². The first-order valence-electron chi connectivity index (χ1n) is 11.0. The Morgan fingerprint density at radius 1 is 0.774 bits per heavy atom. The molecule has 0 aliphatic carbocycles. The zero-order chi connectivity index (χ0) is 22.2. The Morgan fingerprint density at radius 2 is 1.45 bits per heavy atom. The topological polar surface area (TPSA) is 61.8 Å². The van der Waals surface area contributed by atoms with Crippen molar-refractivity contribution in [2.75, 3.05) is 19.8 Å². The lowest BCUT2D eigenvalue weighted by atomic mass is 10.2. The molecule has 2 rings (SSSR count). The third-order valence-electron chi connectivity index (χ3n) is 4.58. The maximum Gasteiger partial charge on any atom is 0.338 e. The number of hydrogen-bond donors (Lipinski definition) is 0. The van der Waals surface area contributed by atoms with Crippen molar-refractivity contribution in [3.05, 3.63) is 71.8 Å². The Bertz CT molecular complexity index is 796. The molecule has 0 atom stereocenters. The summed E-state index contributed by atoms with van der Waals surface area (Å²) in [6.45, 7) is 3.63. The average molecular weight is 425 g/mol. The first kappa shape index (κ1) is 24.2. The molecule has 0 unspecified atom stereocenters. The number of carbonyl (C=O) groups is 2. The van der Waals surface area contributed by atoms with E-state index in [1.165, 1.54) is 6.08 Å². The van der Waals surface area contributed by atoms with Gasteiger partial charge in [0.15, 0.2) is 0 Å². The van der Waals surface area contributed by atoms with Gasteiger partial charge < -0.3 is 14.2 Å². The molecule has 5 heteroatoms. The van der Waals surface area contributed by atoms with Crippen LogP contribution < -0.4 is 4.74 Å². The summed E-state index contributed by atoms with van der Waals surface area (Å²) in [5, 5.41) is 0. The van der Waals surface area contributed by atoms with Crippen molar-refractivity contribution in [2.45, 2.75) is 45.4 Å². The number of ether oxygens (including phenoxy) is 3. The van der Waals surface area contributed by atoms with Gasteiger partial charge in [-0.15, -0.1) is 0 Å². The summed E-state index contributed by atoms with van der Waals surface area (Å²) in [6.07, 6.45) is 8.74. The van der Waals surface area contributed by atoms with Crippen LogP contribution in [-0.4, -0.2) is 31.8 Å². The van der Waals surface area contributed by atoms with Crippen LogP contribution in [-0.2, 0) is 14.3 Å². The summed E-state index contributed by atoms with van der Waals surface area (Å²) in [7, 11) is 0. The van der Waals surface area contributed by atoms with Crippen molar-refractivity contribution >= 4 is 18.0 Å². The van der Waals surface area contributed by atoms with Crippen molar-refractivity contribution < 1.29 is 23.8 Å². The third kappa shape index (κ3) is 10.5. The molecule has 0 bridgehead atoms. The first-order valence-corrected chi connectivity index (χ1v) is 11.0. The second-order valence-corrected chi connectivity index (χ2v) is 7.19. The molecule has 0 aliphatic heterocycles. The second kappa shape index (κ2) is 14.8. The molecule has 0 saturated carbocycles. The fourth-order valence-electron chi connectivity index (χ4n) is 2.77. The van der Waals surface area contributed by atoms with Crippen LogP contribution in [0.1, 0.15) is 61.4 Å². The van der Waals surface area contributed by atoms with Gasteiger partial charge in [0.05, 0.1) is 25.4 Å². The van der Waals surface area contributed by atoms with Gasteiger partial charge in [0.25, 0.3) is 0 Å². The van der Waals surface area contributed by atoms with Crippen molar-refractivity contribution in [2.24, 2.45) is 0 Å². The molecule has 0 fully saturated rings. The molecule has 2 aromatic rings. The molecule has 166 valence electrons. The van der Waals surface area contributed by atoms with Crippen LogP contribution >= 0.6 is 0 Å². The highest BCUT2D eigenvalue weighted by Gasteiger charge is 2.05. The predicted molar refractivity (Wildman–Crippen MR) is 122 cm³/mol. The maximum atomic E-state index is 11.8. The van der Waals surface area contributed by atoms with E-state index in [1.54, 1.807) is 18.2 Å². The highest BCUT2D eigenvalue weighted by molar-refractivity contribution is 5.89. The summed E-state index contributed by atoms with van der Waals surface area (Å²) >= 11 is 0. The number of unbranched alkanes of at least 4 members (excludes halogenated alkanes) is 4. The van der Waals surface area contributed by atoms with Gasteiger partial charge in [-0.2, -0.15) is 0 Å². The smallest absolute Gasteiger partial charge is 0.338 e. The minimum absolute atomic E-state index is 0.292. The first-order chi connectivity index (χ1) is 15.2. The van der Waals surface area contributed by atoms with Gasteiger partial charge in [0, 0.05) is 6.08 Å². The lowest BCUT2D eigenvalue weighted by Gasteiger charge is -2.05. The Balaban J connectivity index is 1.50. The zero-order valence-electron chi connectivity index (χ0n) is 18.3. The van der Waals surface area contributed by atoms with Crippen LogP contribution in [0.4, 0.5) is 0 Å². The second-order valence-electron chi connectivity index (χ2n) is 7.19. The van der Waals surface area contributed by atoms with E-state index in [0.29, 0.717) is 18.8 Å². The lowest BCUT2D eigenvalue weighted by Crippen LogP contribution is -2.06. The third-order valence-corrected chi connectivity index (χ3v) is 4.58. The Hall–Kier alpha value is -3.08. The number of benzene rings is 2. The SMILES string of the molecule is CCCCOc1ccc(C=CC(=O)OCCCCCCOC(=O)c2ccccc2)cc1. The van der Waals surface area contributed by atoms with Crippen molar-refractivity contribution in [1.29, 1.82) is 0 Å². The highest BCUT2D eigenvalue weighted by Crippen LogP contribution is 2.14. The van der Waals surface area contributed by atoms with E-state index in [2.05, 4.69) is 6.92 Å². The van der Waals surface area contributed by atoms with Crippen LogP contribution in [0, 0.1) is 0 Å². The van der Waals surface area contributed by atoms with E-state index in [0.717, 1.165) is 56.4 Å². The molecule has 0 heterocycles. The van der Waals surface area contributed by atoms with Gasteiger partial charge in [-0.1, -0.05) is 43.7 Å². The molecule has 5 nitrogen and oxygen atoms in total. The van der Waals surface area contributed by atoms with Crippen LogP contribution in [0.15, 0.2) is 60.7 Å². The molecule has 0 spiro atoms. The van der Waals surface area contributed by atoms with Gasteiger partial charge in [-0.3, -0.25) is 0 Å². The number of esters is 2. The van der Waals surface area contributed by atoms with E-state index in [-0.39, 0.29) is 11.9 Å². The predicted octanol–water partition coefficient (Wildman–Crippen LogP) is 5.84. The Morgan fingerprint density at radius 3 is 2.13 bits per heavy atom. The fourth-order valence-corrected chi connectivity index (χ4v) is 2.77. The van der Waals surface area contributed by atoms with E-state index < -0.39 is 0 Å². The summed E-state index contributed by atoms with van der Waals surface area (Å²) < 4.78 is 16.1. The fraction of sp³-hybridized carbons (Fsp3) is 0.385. The van der Waals surface area contributed by atoms with Gasteiger partial charge in [-0.05, 0) is 68.0 Å². The van der Waals surface area contributed by atoms with Gasteiger partial charge in [0.1, 0.15) is 5.75 Å². The Labute approximate surface area is 185 Å². The van der Waals surface area contributed by atoms with Crippen LogP contribution in [0.25, 0.3) is 6.08 Å². The molecule has 0 aliphatic rings. The molecule has 0 radical (unpaired) electrons. The van der Waals surface area contributed by atoms with Crippen LogP contribution in [0.2, 0.25) is 0 Å². The number of rotatable bonds is 14. The molecule has 2 aromatic carbocycles. The van der Waals surface area contributed by atoms with Crippen LogP contribution in [0.3, 0.4) is 0 Å². The molecule has 0 aromatic heterocycles. The van der Waals surface area contributed by atoms with E-state index >= 15 is 0 Å². The summed E-state index contributed by atoms with van der Waals surface area (Å²) in [5.41, 5.74) is 1.49. The van der Waals surface area contributed by atoms with Gasteiger partial charge in [0.2, 0.25) is 0 Å². The minimum atomic E-state index is -0.347. The molecular formula is C26H32O5. The van der Waals surface area contributed by atoms with Crippen molar-refractivity contribution in [3.63, 3.8) is 0 Å². The molecule has 31 heavy (non-hydrogen) atoms. The van der Waals surface area contributed by atoms with Gasteiger partial charge >= 0.3 is 11.9 Å². The zero-order valence-corrected chi connectivity index (χ0v) is 18.3. The summed E-state index contributed by atoms with van der Waals surface area (Å²) in [5.74, 6) is 0.197.